The first-order valence-corrected chi connectivity index (χ1v) is 8.74. The average Bonchev–Trinajstić information content (AvgIpc) is 3.23. The Morgan fingerprint density at radius 2 is 2.00 bits per heavy atom. The van der Waals surface area contributed by atoms with E-state index >= 15 is 0 Å². The van der Waals surface area contributed by atoms with Crippen molar-refractivity contribution >= 4 is 17.6 Å². The lowest BCUT2D eigenvalue weighted by Crippen LogP contribution is -2.37. The normalized spacial score (nSPS) is 11.1. The number of ether oxygens (including phenoxy) is 2. The van der Waals surface area contributed by atoms with Crippen LogP contribution < -0.4 is 20.7 Å². The van der Waals surface area contributed by atoms with Gasteiger partial charge in [-0.1, -0.05) is 6.07 Å². The maximum absolute atomic E-state index is 11.8. The van der Waals surface area contributed by atoms with Crippen LogP contribution in [0.25, 0.3) is 0 Å². The molecule has 146 valence electrons. The Kier molecular flexibility index (Phi) is 8.72. The summed E-state index contributed by atoms with van der Waals surface area (Å²) in [6.45, 7) is 2.22. The Hall–Kier alpha value is -3.00. The minimum Gasteiger partial charge on any atom is -0.493 e. The van der Waals surface area contributed by atoms with Crippen LogP contribution in [0.4, 0.5) is 5.69 Å². The van der Waals surface area contributed by atoms with E-state index in [2.05, 4.69) is 20.9 Å². The molecule has 1 aromatic heterocycles. The van der Waals surface area contributed by atoms with Crippen LogP contribution in [0.1, 0.15) is 17.0 Å². The number of carbonyl (C=O) groups excluding carboxylic acids is 1. The van der Waals surface area contributed by atoms with E-state index in [1.165, 1.54) is 6.26 Å². The van der Waals surface area contributed by atoms with Gasteiger partial charge in [-0.3, -0.25) is 9.79 Å². The molecular weight excluding hydrogens is 348 g/mol. The fraction of sp³-hybridized carbons (Fsp3) is 0.368. The van der Waals surface area contributed by atoms with Crippen molar-refractivity contribution in [1.82, 2.24) is 10.6 Å². The quantitative estimate of drug-likeness (QED) is 0.335. The standard InChI is InChI=1S/C19H26N4O4/c1-20-19(22-10-9-21-18(24)17-8-4-12-27-17)23-15-6-3-7-16(14-15)26-13-5-11-25-2/h3-4,6-8,12,14H,5,9-11,13H2,1-2H3,(H,21,24)(H2,20,22,23). The van der Waals surface area contributed by atoms with Gasteiger partial charge >= 0.3 is 0 Å². The van der Waals surface area contributed by atoms with Gasteiger partial charge in [0.1, 0.15) is 5.75 Å². The van der Waals surface area contributed by atoms with Gasteiger partial charge in [0.2, 0.25) is 0 Å². The van der Waals surface area contributed by atoms with Gasteiger partial charge in [-0.15, -0.1) is 0 Å². The zero-order valence-electron chi connectivity index (χ0n) is 15.7. The highest BCUT2D eigenvalue weighted by Crippen LogP contribution is 2.17. The number of nitrogens with one attached hydrogen (secondary N) is 3. The van der Waals surface area contributed by atoms with Crippen molar-refractivity contribution in [3.63, 3.8) is 0 Å². The second-order valence-corrected chi connectivity index (χ2v) is 5.58. The first-order valence-electron chi connectivity index (χ1n) is 8.74. The van der Waals surface area contributed by atoms with Gasteiger partial charge in [0, 0.05) is 52.0 Å². The van der Waals surface area contributed by atoms with E-state index in [0.717, 1.165) is 17.9 Å². The highest BCUT2D eigenvalue weighted by Gasteiger charge is 2.07. The number of guanidine groups is 1. The van der Waals surface area contributed by atoms with E-state index in [1.807, 2.05) is 24.3 Å². The van der Waals surface area contributed by atoms with Crippen molar-refractivity contribution in [3.05, 3.63) is 48.4 Å². The van der Waals surface area contributed by atoms with E-state index in [1.54, 1.807) is 26.3 Å². The third-order valence-corrected chi connectivity index (χ3v) is 3.53. The molecule has 0 fully saturated rings. The predicted molar refractivity (Wildman–Crippen MR) is 104 cm³/mol. The molecule has 1 amide bonds. The minimum absolute atomic E-state index is 0.247. The van der Waals surface area contributed by atoms with Crippen molar-refractivity contribution in [1.29, 1.82) is 0 Å². The van der Waals surface area contributed by atoms with Crippen LogP contribution in [0.3, 0.4) is 0 Å². The zero-order valence-corrected chi connectivity index (χ0v) is 15.7. The Labute approximate surface area is 159 Å². The summed E-state index contributed by atoms with van der Waals surface area (Å²) >= 11 is 0. The summed E-state index contributed by atoms with van der Waals surface area (Å²) in [4.78, 5) is 15.9. The van der Waals surface area contributed by atoms with Gasteiger partial charge in [0.25, 0.3) is 5.91 Å². The fourth-order valence-electron chi connectivity index (χ4n) is 2.22. The number of hydrogen-bond acceptors (Lipinski definition) is 5. The largest absolute Gasteiger partial charge is 0.493 e. The molecular formula is C19H26N4O4. The van der Waals surface area contributed by atoms with Crippen molar-refractivity contribution in [2.45, 2.75) is 6.42 Å². The molecule has 0 saturated heterocycles. The number of furan rings is 1. The smallest absolute Gasteiger partial charge is 0.287 e. The fourth-order valence-corrected chi connectivity index (χ4v) is 2.22. The van der Waals surface area contributed by atoms with E-state index in [9.17, 15) is 4.79 Å². The summed E-state index contributed by atoms with van der Waals surface area (Å²) in [5.41, 5.74) is 0.854. The van der Waals surface area contributed by atoms with Gasteiger partial charge in [0.05, 0.1) is 12.9 Å². The number of benzene rings is 1. The third-order valence-electron chi connectivity index (χ3n) is 3.53. The summed E-state index contributed by atoms with van der Waals surface area (Å²) in [7, 11) is 3.35. The minimum atomic E-state index is -0.247. The Bertz CT molecular complexity index is 716. The number of hydrogen-bond donors (Lipinski definition) is 3. The summed E-state index contributed by atoms with van der Waals surface area (Å²) < 4.78 is 15.7. The van der Waals surface area contributed by atoms with Crippen LogP contribution in [-0.2, 0) is 4.74 Å². The van der Waals surface area contributed by atoms with Crippen molar-refractivity contribution in [2.24, 2.45) is 4.99 Å². The summed E-state index contributed by atoms with van der Waals surface area (Å²) in [5, 5.41) is 9.09. The lowest BCUT2D eigenvalue weighted by atomic mass is 10.3. The maximum Gasteiger partial charge on any atom is 0.287 e. The maximum atomic E-state index is 11.8. The molecule has 0 bridgehead atoms. The van der Waals surface area contributed by atoms with Crippen LogP contribution in [0, 0.1) is 0 Å². The first-order chi connectivity index (χ1) is 13.2. The van der Waals surface area contributed by atoms with Gasteiger partial charge in [-0.2, -0.15) is 0 Å². The first kappa shape index (κ1) is 20.3. The van der Waals surface area contributed by atoms with Crippen LogP contribution in [0.15, 0.2) is 52.1 Å². The SMILES string of the molecule is CN=C(NCCNC(=O)c1ccco1)Nc1cccc(OCCCOC)c1. The molecule has 1 aromatic carbocycles. The molecule has 3 N–H and O–H groups in total. The van der Waals surface area contributed by atoms with E-state index in [0.29, 0.717) is 38.0 Å². The molecule has 0 aliphatic heterocycles. The van der Waals surface area contributed by atoms with Crippen LogP contribution >= 0.6 is 0 Å². The van der Waals surface area contributed by atoms with Crippen molar-refractivity contribution < 1.29 is 18.7 Å². The highest BCUT2D eigenvalue weighted by molar-refractivity contribution is 5.94. The zero-order chi connectivity index (χ0) is 19.3. The molecule has 0 unspecified atom stereocenters. The van der Waals surface area contributed by atoms with Crippen molar-refractivity contribution in [3.8, 4) is 5.75 Å². The molecule has 0 aliphatic carbocycles. The van der Waals surface area contributed by atoms with Gasteiger partial charge < -0.3 is 29.8 Å². The molecule has 27 heavy (non-hydrogen) atoms. The summed E-state index contributed by atoms with van der Waals surface area (Å²) in [6.07, 6.45) is 2.30. The Morgan fingerprint density at radius 3 is 2.74 bits per heavy atom. The molecule has 1 heterocycles. The molecule has 0 spiro atoms. The molecule has 2 rings (SSSR count). The van der Waals surface area contributed by atoms with Gasteiger partial charge in [0.15, 0.2) is 11.7 Å². The summed E-state index contributed by atoms with van der Waals surface area (Å²) in [6, 6.07) is 10.9. The number of carbonyl (C=O) groups is 1. The van der Waals surface area contributed by atoms with Crippen LogP contribution in [-0.4, -0.2) is 52.3 Å². The van der Waals surface area contributed by atoms with E-state index in [4.69, 9.17) is 13.9 Å². The highest BCUT2D eigenvalue weighted by atomic mass is 16.5. The second kappa shape index (κ2) is 11.6. The van der Waals surface area contributed by atoms with E-state index < -0.39 is 0 Å². The topological polar surface area (TPSA) is 97.1 Å². The lowest BCUT2D eigenvalue weighted by Gasteiger charge is -2.13. The Balaban J connectivity index is 1.73. The number of methoxy groups -OCH3 is 1. The lowest BCUT2D eigenvalue weighted by molar-refractivity contribution is 0.0926. The van der Waals surface area contributed by atoms with Gasteiger partial charge in [-0.05, 0) is 24.3 Å². The summed E-state index contributed by atoms with van der Waals surface area (Å²) in [5.74, 6) is 1.42. The van der Waals surface area contributed by atoms with Crippen LogP contribution in [0.2, 0.25) is 0 Å². The van der Waals surface area contributed by atoms with E-state index in [-0.39, 0.29) is 5.91 Å². The van der Waals surface area contributed by atoms with Gasteiger partial charge in [-0.25, -0.2) is 0 Å². The molecule has 0 atom stereocenters. The predicted octanol–water partition coefficient (Wildman–Crippen LogP) is 2.11. The molecule has 8 nitrogen and oxygen atoms in total. The van der Waals surface area contributed by atoms with Crippen molar-refractivity contribution in [2.75, 3.05) is 45.8 Å². The molecule has 0 radical (unpaired) electrons. The molecule has 0 aliphatic rings. The number of nitrogens with zero attached hydrogens (tertiary/aromatic N) is 1. The number of aliphatic imine (C=N–C) groups is 1. The third kappa shape index (κ3) is 7.41. The Morgan fingerprint density at radius 1 is 1.15 bits per heavy atom. The second-order valence-electron chi connectivity index (χ2n) is 5.58. The monoisotopic (exact) mass is 374 g/mol. The average molecular weight is 374 g/mol. The molecule has 0 saturated carbocycles. The van der Waals surface area contributed by atoms with Crippen LogP contribution in [0.5, 0.6) is 5.75 Å². The molecule has 8 heteroatoms. The number of rotatable bonds is 10. The molecule has 2 aromatic rings. The number of anilines is 1. The number of amides is 1.